The molecule has 0 aliphatic rings. The average molecular weight is 376 g/mol. The molecule has 26 heavy (non-hydrogen) atoms. The first-order valence-corrected chi connectivity index (χ1v) is 8.76. The lowest BCUT2D eigenvalue weighted by Gasteiger charge is -2.16. The smallest absolute Gasteiger partial charge is 0.278 e. The molecule has 2 heterocycles. The van der Waals surface area contributed by atoms with Crippen LogP contribution in [0.25, 0.3) is 5.52 Å². The van der Waals surface area contributed by atoms with Crippen molar-refractivity contribution >= 4 is 34.7 Å². The van der Waals surface area contributed by atoms with Crippen molar-refractivity contribution in [2.45, 2.75) is 4.90 Å². The number of carbonyl (C=O) groups is 1. The zero-order chi connectivity index (χ0) is 18.4. The van der Waals surface area contributed by atoms with Gasteiger partial charge in [-0.2, -0.15) is 0 Å². The summed E-state index contributed by atoms with van der Waals surface area (Å²) in [7, 11) is 0. The first-order valence-electron chi connectivity index (χ1n) is 7.77. The summed E-state index contributed by atoms with van der Waals surface area (Å²) in [4.78, 5) is 22.2. The fourth-order valence-corrected chi connectivity index (χ4v) is 2.97. The number of rotatable bonds is 8. The zero-order valence-electron chi connectivity index (χ0n) is 13.7. The summed E-state index contributed by atoms with van der Waals surface area (Å²) in [5.74, 6) is -0.0100. The van der Waals surface area contributed by atoms with Crippen LogP contribution in [0.15, 0.2) is 53.8 Å². The summed E-state index contributed by atoms with van der Waals surface area (Å²) in [6.45, 7) is -0.225. The molecular weight excluding hydrogens is 359 g/mol. The maximum absolute atomic E-state index is 12.8. The normalized spacial score (nSPS) is 10.8. The fourth-order valence-electron chi connectivity index (χ4n) is 2.40. The highest BCUT2D eigenvalue weighted by Gasteiger charge is 2.16. The molecular formula is C17H17FN4O3S. The van der Waals surface area contributed by atoms with Crippen molar-refractivity contribution in [3.05, 3.63) is 54.5 Å². The van der Waals surface area contributed by atoms with Crippen LogP contribution in [0, 0.1) is 0 Å². The lowest BCUT2D eigenvalue weighted by Crippen LogP contribution is -2.26. The largest absolute Gasteiger partial charge is 0.394 e. The Morgan fingerprint density at radius 2 is 2.15 bits per heavy atom. The third-order valence-electron chi connectivity index (χ3n) is 3.54. The van der Waals surface area contributed by atoms with Gasteiger partial charge >= 0.3 is 0 Å². The van der Waals surface area contributed by atoms with Crippen molar-refractivity contribution in [3.63, 3.8) is 0 Å². The number of imidazole rings is 1. The molecule has 136 valence electrons. The van der Waals surface area contributed by atoms with Gasteiger partial charge in [0.1, 0.15) is 18.2 Å². The molecule has 0 spiro atoms. The summed E-state index contributed by atoms with van der Waals surface area (Å²) in [5.41, 5.74) is 4.05. The van der Waals surface area contributed by atoms with Gasteiger partial charge < -0.3 is 10.4 Å². The van der Waals surface area contributed by atoms with Crippen LogP contribution < -0.4 is 10.8 Å². The van der Waals surface area contributed by atoms with E-state index in [0.29, 0.717) is 17.1 Å². The van der Waals surface area contributed by atoms with Crippen molar-refractivity contribution in [3.8, 4) is 0 Å². The number of nitrogens with zero attached hydrogens (tertiary/aromatic N) is 2. The fraction of sp³-hybridized carbons (Fsp3) is 0.176. The Morgan fingerprint density at radius 1 is 1.31 bits per heavy atom. The molecule has 0 saturated carbocycles. The standard InChI is InChI=1S/C17H17FN4O3S/c18-10-26-15-4-2-1-3-14(15)20-16-13(17(24)21-25-8-7-23)6-5-12-9-19-11-22(12)16/h1-6,9,11,20,23H,7-8,10H2,(H,21,24). The molecule has 0 fully saturated rings. The predicted molar refractivity (Wildman–Crippen MR) is 97.3 cm³/mol. The van der Waals surface area contributed by atoms with Gasteiger partial charge in [0.25, 0.3) is 5.91 Å². The highest BCUT2D eigenvalue weighted by atomic mass is 32.2. The minimum Gasteiger partial charge on any atom is -0.394 e. The molecule has 2 aromatic heterocycles. The number of alkyl halides is 1. The monoisotopic (exact) mass is 376 g/mol. The highest BCUT2D eigenvalue weighted by Crippen LogP contribution is 2.31. The number of aromatic nitrogens is 2. The number of thioether (sulfide) groups is 1. The number of fused-ring (bicyclic) bond motifs is 1. The third kappa shape index (κ3) is 3.96. The molecule has 0 bridgehead atoms. The summed E-state index contributed by atoms with van der Waals surface area (Å²) >= 11 is 1.05. The number of hydroxylamine groups is 1. The van der Waals surface area contributed by atoms with Crippen molar-refractivity contribution in [2.75, 3.05) is 24.5 Å². The Balaban J connectivity index is 1.99. The second-order valence-corrected chi connectivity index (χ2v) is 6.11. The molecule has 0 saturated heterocycles. The molecule has 9 heteroatoms. The molecule has 0 unspecified atom stereocenters. The van der Waals surface area contributed by atoms with Gasteiger partial charge in [-0.15, -0.1) is 0 Å². The van der Waals surface area contributed by atoms with Crippen molar-refractivity contribution < 1.29 is 19.1 Å². The number of anilines is 2. The quantitative estimate of drug-likeness (QED) is 0.318. The van der Waals surface area contributed by atoms with Crippen LogP contribution in [0.2, 0.25) is 0 Å². The van der Waals surface area contributed by atoms with Gasteiger partial charge in [0.2, 0.25) is 0 Å². The number of hydrogen-bond donors (Lipinski definition) is 3. The van der Waals surface area contributed by atoms with Crippen molar-refractivity contribution in [1.82, 2.24) is 14.9 Å². The summed E-state index contributed by atoms with van der Waals surface area (Å²) in [6, 6.07) is 10.1. The number of aliphatic hydroxyl groups excluding tert-OH is 1. The van der Waals surface area contributed by atoms with E-state index in [9.17, 15) is 9.18 Å². The van der Waals surface area contributed by atoms with E-state index in [1.54, 1.807) is 41.2 Å². The number of aliphatic hydroxyl groups is 1. The number of halogens is 1. The lowest BCUT2D eigenvalue weighted by atomic mass is 10.2. The van der Waals surface area contributed by atoms with E-state index >= 15 is 0 Å². The van der Waals surface area contributed by atoms with Crippen LogP contribution in [0.3, 0.4) is 0 Å². The number of nitrogens with one attached hydrogen (secondary N) is 2. The molecule has 1 aromatic carbocycles. The number of hydrogen-bond acceptors (Lipinski definition) is 6. The topological polar surface area (TPSA) is 87.9 Å². The van der Waals surface area contributed by atoms with Crippen LogP contribution >= 0.6 is 11.8 Å². The van der Waals surface area contributed by atoms with Crippen LogP contribution in [0.1, 0.15) is 10.4 Å². The molecule has 1 amide bonds. The Morgan fingerprint density at radius 3 is 2.96 bits per heavy atom. The summed E-state index contributed by atoms with van der Waals surface area (Å²) < 4.78 is 14.5. The van der Waals surface area contributed by atoms with E-state index in [4.69, 9.17) is 9.94 Å². The second-order valence-electron chi connectivity index (χ2n) is 5.16. The zero-order valence-corrected chi connectivity index (χ0v) is 14.5. The molecule has 7 nitrogen and oxygen atoms in total. The number of carbonyl (C=O) groups excluding carboxylic acids is 1. The predicted octanol–water partition coefficient (Wildman–Crippen LogP) is 2.75. The van der Waals surface area contributed by atoms with Gasteiger partial charge in [0.05, 0.1) is 36.2 Å². The highest BCUT2D eigenvalue weighted by molar-refractivity contribution is 7.99. The van der Waals surface area contributed by atoms with E-state index in [2.05, 4.69) is 15.8 Å². The van der Waals surface area contributed by atoms with Crippen LogP contribution in [-0.4, -0.2) is 39.6 Å². The van der Waals surface area contributed by atoms with E-state index in [1.165, 1.54) is 0 Å². The first kappa shape index (κ1) is 18.2. The van der Waals surface area contributed by atoms with Gasteiger partial charge in [-0.25, -0.2) is 14.9 Å². The molecule has 0 aliphatic heterocycles. The van der Waals surface area contributed by atoms with E-state index in [0.717, 1.165) is 22.2 Å². The molecule has 0 radical (unpaired) electrons. The maximum Gasteiger partial charge on any atom is 0.278 e. The first-order chi connectivity index (χ1) is 12.7. The van der Waals surface area contributed by atoms with E-state index in [1.807, 2.05) is 12.1 Å². The van der Waals surface area contributed by atoms with Crippen LogP contribution in [0.4, 0.5) is 15.9 Å². The molecule has 3 N–H and O–H groups in total. The Bertz CT molecular complexity index is 903. The number of benzene rings is 1. The van der Waals surface area contributed by atoms with Gasteiger partial charge in [-0.3, -0.25) is 14.0 Å². The SMILES string of the molecule is O=C(NOCCO)c1ccc2cncn2c1Nc1ccccc1SCF. The number of amides is 1. The van der Waals surface area contributed by atoms with E-state index < -0.39 is 11.9 Å². The van der Waals surface area contributed by atoms with Gasteiger partial charge in [0.15, 0.2) is 0 Å². The number of pyridine rings is 1. The van der Waals surface area contributed by atoms with Crippen molar-refractivity contribution in [1.29, 1.82) is 0 Å². The second kappa shape index (κ2) is 8.65. The summed E-state index contributed by atoms with van der Waals surface area (Å²) in [5, 5.41) is 12.0. The van der Waals surface area contributed by atoms with Gasteiger partial charge in [-0.05, 0) is 24.3 Å². The molecule has 3 rings (SSSR count). The van der Waals surface area contributed by atoms with Crippen LogP contribution in [-0.2, 0) is 4.84 Å². The summed E-state index contributed by atoms with van der Waals surface area (Å²) in [6.07, 6.45) is 3.24. The van der Waals surface area contributed by atoms with Crippen LogP contribution in [0.5, 0.6) is 0 Å². The van der Waals surface area contributed by atoms with Gasteiger partial charge in [0, 0.05) is 4.90 Å². The Hall–Kier alpha value is -2.62. The average Bonchev–Trinajstić information content (AvgIpc) is 3.13. The van der Waals surface area contributed by atoms with Gasteiger partial charge in [-0.1, -0.05) is 23.9 Å². The van der Waals surface area contributed by atoms with E-state index in [-0.39, 0.29) is 13.2 Å². The molecule has 0 aliphatic carbocycles. The Kier molecular flexibility index (Phi) is 6.05. The minimum absolute atomic E-state index is 0.0161. The third-order valence-corrected chi connectivity index (χ3v) is 4.31. The number of para-hydroxylation sites is 1. The Labute approximate surface area is 153 Å². The maximum atomic E-state index is 12.8. The van der Waals surface area contributed by atoms with Crippen molar-refractivity contribution in [2.24, 2.45) is 0 Å². The molecule has 3 aromatic rings. The molecule has 0 atom stereocenters. The minimum atomic E-state index is -0.559. The lowest BCUT2D eigenvalue weighted by molar-refractivity contribution is 0.0168.